The number of amides is 3. The Kier molecular flexibility index (Phi) is 10.2. The van der Waals surface area contributed by atoms with E-state index in [0.717, 1.165) is 21.6 Å². The Morgan fingerprint density at radius 3 is 2.34 bits per heavy atom. The third-order valence-corrected chi connectivity index (χ3v) is 9.08. The lowest BCUT2D eigenvalue weighted by Crippen LogP contribution is -2.42. The number of imide groups is 1. The van der Waals surface area contributed by atoms with Gasteiger partial charge in [0.05, 0.1) is 30.9 Å². The maximum absolute atomic E-state index is 13.2. The molecule has 0 aliphatic carbocycles. The zero-order valence-corrected chi connectivity index (χ0v) is 26.4. The van der Waals surface area contributed by atoms with Crippen LogP contribution in [0.1, 0.15) is 48.0 Å². The van der Waals surface area contributed by atoms with Gasteiger partial charge >= 0.3 is 6.09 Å². The number of anilines is 1. The maximum atomic E-state index is 13.2. The number of alkyl carbamates (subject to hydrolysis) is 1. The molecule has 0 bridgehead atoms. The number of rotatable bonds is 10. The lowest BCUT2D eigenvalue weighted by molar-refractivity contribution is -0.268. The Hall–Kier alpha value is -4.62. The number of carbonyl (C=O) groups is 3. The SMILES string of the molecule is C[C@@H]1[C@H](CSc2ncccn2)O[C@H](c2ccc(N3C(=O)CC(NC(=O)OCc4ccccc4)C3=O)cc2)O[C@@H]1c1ccc(CO)cc1. The van der Waals surface area contributed by atoms with E-state index in [2.05, 4.69) is 22.2 Å². The highest BCUT2D eigenvalue weighted by Gasteiger charge is 2.42. The summed E-state index contributed by atoms with van der Waals surface area (Å²) in [6.45, 7) is 2.08. The smallest absolute Gasteiger partial charge is 0.408 e. The van der Waals surface area contributed by atoms with Crippen LogP contribution in [-0.4, -0.2) is 50.9 Å². The van der Waals surface area contributed by atoms with E-state index in [4.69, 9.17) is 14.2 Å². The van der Waals surface area contributed by atoms with E-state index in [9.17, 15) is 19.5 Å². The molecule has 3 heterocycles. The number of benzene rings is 3. The molecule has 12 heteroatoms. The molecule has 2 fully saturated rings. The van der Waals surface area contributed by atoms with Gasteiger partial charge in [0, 0.05) is 29.6 Å². The van der Waals surface area contributed by atoms with E-state index in [1.54, 1.807) is 42.7 Å². The lowest BCUT2D eigenvalue weighted by atomic mass is 9.91. The fraction of sp³-hybridized carbons (Fsp3) is 0.286. The van der Waals surface area contributed by atoms with Crippen molar-refractivity contribution in [1.82, 2.24) is 15.3 Å². The second-order valence-electron chi connectivity index (χ2n) is 11.3. The molecule has 47 heavy (non-hydrogen) atoms. The first kappa shape index (κ1) is 32.3. The molecule has 1 unspecified atom stereocenters. The lowest BCUT2D eigenvalue weighted by Gasteiger charge is -2.41. The number of aliphatic hydroxyl groups is 1. The summed E-state index contributed by atoms with van der Waals surface area (Å²) in [6, 6.07) is 24.4. The number of aromatic nitrogens is 2. The van der Waals surface area contributed by atoms with Crippen LogP contribution in [-0.2, 0) is 37.0 Å². The molecule has 5 atom stereocenters. The molecule has 242 valence electrons. The van der Waals surface area contributed by atoms with Gasteiger partial charge in [-0.05, 0) is 34.9 Å². The Morgan fingerprint density at radius 2 is 1.64 bits per heavy atom. The van der Waals surface area contributed by atoms with Crippen molar-refractivity contribution in [3.8, 4) is 0 Å². The van der Waals surface area contributed by atoms with E-state index < -0.39 is 30.2 Å². The summed E-state index contributed by atoms with van der Waals surface area (Å²) in [5, 5.41) is 12.7. The Bertz CT molecular complexity index is 1680. The topological polar surface area (TPSA) is 140 Å². The van der Waals surface area contributed by atoms with Crippen LogP contribution in [0.25, 0.3) is 0 Å². The molecule has 0 radical (unpaired) electrons. The van der Waals surface area contributed by atoms with Crippen LogP contribution < -0.4 is 10.2 Å². The zero-order chi connectivity index (χ0) is 32.8. The average Bonchev–Trinajstić information content (AvgIpc) is 3.39. The quantitative estimate of drug-likeness (QED) is 0.135. The van der Waals surface area contributed by atoms with Crippen molar-refractivity contribution < 1.29 is 33.7 Å². The van der Waals surface area contributed by atoms with Gasteiger partial charge in [-0.1, -0.05) is 85.4 Å². The van der Waals surface area contributed by atoms with Crippen molar-refractivity contribution in [2.75, 3.05) is 10.7 Å². The number of ether oxygens (including phenoxy) is 3. The normalized spacial score (nSPS) is 22.7. The highest BCUT2D eigenvalue weighted by atomic mass is 32.2. The maximum Gasteiger partial charge on any atom is 0.408 e. The van der Waals surface area contributed by atoms with Gasteiger partial charge in [-0.15, -0.1) is 0 Å². The van der Waals surface area contributed by atoms with E-state index in [0.29, 0.717) is 22.2 Å². The number of thioether (sulfide) groups is 1. The second kappa shape index (κ2) is 14.9. The molecule has 3 amide bonds. The highest BCUT2D eigenvalue weighted by molar-refractivity contribution is 7.99. The molecule has 2 N–H and O–H groups in total. The summed E-state index contributed by atoms with van der Waals surface area (Å²) in [6.07, 6.45) is 1.19. The van der Waals surface area contributed by atoms with E-state index in [1.165, 1.54) is 11.8 Å². The largest absolute Gasteiger partial charge is 0.445 e. The fourth-order valence-electron chi connectivity index (χ4n) is 5.53. The third-order valence-electron chi connectivity index (χ3n) is 8.12. The van der Waals surface area contributed by atoms with Gasteiger partial charge in [0.25, 0.3) is 5.91 Å². The molecule has 4 aromatic rings. The number of nitrogens with one attached hydrogen (secondary N) is 1. The molecule has 0 spiro atoms. The number of hydrogen-bond acceptors (Lipinski definition) is 10. The van der Waals surface area contributed by atoms with Gasteiger partial charge in [0.1, 0.15) is 12.6 Å². The molecule has 6 rings (SSSR count). The molecule has 0 saturated carbocycles. The summed E-state index contributed by atoms with van der Waals surface area (Å²) in [5.41, 5.74) is 3.65. The summed E-state index contributed by atoms with van der Waals surface area (Å²) in [4.78, 5) is 48.1. The molecule has 2 saturated heterocycles. The van der Waals surface area contributed by atoms with Crippen LogP contribution >= 0.6 is 11.8 Å². The minimum atomic E-state index is -1.03. The van der Waals surface area contributed by atoms with Gasteiger partial charge in [-0.2, -0.15) is 0 Å². The molecule has 11 nitrogen and oxygen atoms in total. The zero-order valence-electron chi connectivity index (χ0n) is 25.6. The van der Waals surface area contributed by atoms with Crippen molar-refractivity contribution >= 4 is 35.4 Å². The van der Waals surface area contributed by atoms with Crippen LogP contribution in [0.15, 0.2) is 102 Å². The van der Waals surface area contributed by atoms with E-state index in [-0.39, 0.29) is 37.8 Å². The van der Waals surface area contributed by atoms with Crippen molar-refractivity contribution in [2.45, 2.75) is 56.3 Å². The molecular formula is C35H34N4O7S. The summed E-state index contributed by atoms with van der Waals surface area (Å²) >= 11 is 1.50. The molecule has 1 aromatic heterocycles. The monoisotopic (exact) mass is 654 g/mol. The van der Waals surface area contributed by atoms with E-state index >= 15 is 0 Å². The van der Waals surface area contributed by atoms with Crippen LogP contribution in [0.5, 0.6) is 0 Å². The minimum absolute atomic E-state index is 0.0228. The molecule has 2 aliphatic rings. The van der Waals surface area contributed by atoms with Crippen LogP contribution in [0, 0.1) is 5.92 Å². The second-order valence-corrected chi connectivity index (χ2v) is 12.3. The summed E-state index contributed by atoms with van der Waals surface area (Å²) in [7, 11) is 0. The Morgan fingerprint density at radius 1 is 0.936 bits per heavy atom. The summed E-state index contributed by atoms with van der Waals surface area (Å²) < 4.78 is 18.2. The van der Waals surface area contributed by atoms with Crippen LogP contribution in [0.3, 0.4) is 0 Å². The van der Waals surface area contributed by atoms with Crippen molar-refractivity contribution in [2.24, 2.45) is 5.92 Å². The number of nitrogens with zero attached hydrogens (tertiary/aromatic N) is 3. The van der Waals surface area contributed by atoms with Gasteiger partial charge < -0.3 is 24.6 Å². The van der Waals surface area contributed by atoms with Crippen molar-refractivity contribution in [3.63, 3.8) is 0 Å². The van der Waals surface area contributed by atoms with Gasteiger partial charge in [-0.3, -0.25) is 9.59 Å². The third kappa shape index (κ3) is 7.68. The Balaban J connectivity index is 1.14. The first-order valence-corrected chi connectivity index (χ1v) is 16.2. The fourth-order valence-corrected chi connectivity index (χ4v) is 6.50. The number of carbonyl (C=O) groups excluding carboxylic acids is 3. The van der Waals surface area contributed by atoms with Crippen LogP contribution in [0.2, 0.25) is 0 Å². The van der Waals surface area contributed by atoms with Crippen molar-refractivity contribution in [1.29, 1.82) is 0 Å². The predicted molar refractivity (Wildman–Crippen MR) is 173 cm³/mol. The first-order chi connectivity index (χ1) is 22.9. The highest BCUT2D eigenvalue weighted by Crippen LogP contribution is 2.43. The standard InChI is InChI=1S/C35H34N4O7S/c1-22-29(21-47-34-36-16-5-17-37-34)45-33(46-31(22)25-10-8-23(19-40)9-11-25)26-12-14-27(15-13-26)39-30(41)18-28(32(39)42)38-35(43)44-20-24-6-3-2-4-7-24/h2-17,22,28-29,31,33,40H,18-21H2,1H3,(H,38,43)/t22-,28?,29+,31+,33+/m1/s1. The average molecular weight is 655 g/mol. The minimum Gasteiger partial charge on any atom is -0.445 e. The molecule has 2 aliphatic heterocycles. The summed E-state index contributed by atoms with van der Waals surface area (Å²) in [5.74, 6) is -0.398. The predicted octanol–water partition coefficient (Wildman–Crippen LogP) is 5.11. The number of hydrogen-bond donors (Lipinski definition) is 2. The molecule has 3 aromatic carbocycles. The molecular weight excluding hydrogens is 620 g/mol. The van der Waals surface area contributed by atoms with Gasteiger partial charge in [0.15, 0.2) is 11.4 Å². The first-order valence-electron chi connectivity index (χ1n) is 15.2. The van der Waals surface area contributed by atoms with E-state index in [1.807, 2.05) is 54.6 Å². The van der Waals surface area contributed by atoms with Gasteiger partial charge in [0.2, 0.25) is 5.91 Å². The van der Waals surface area contributed by atoms with Crippen molar-refractivity contribution in [3.05, 3.63) is 120 Å². The van der Waals surface area contributed by atoms with Gasteiger partial charge in [-0.25, -0.2) is 19.7 Å². The number of aliphatic hydroxyl groups excluding tert-OH is 1. The Labute approximate surface area is 276 Å². The van der Waals surface area contributed by atoms with Crippen LogP contribution in [0.4, 0.5) is 10.5 Å².